The van der Waals surface area contributed by atoms with E-state index in [1.807, 2.05) is 47.0 Å². The summed E-state index contributed by atoms with van der Waals surface area (Å²) in [7, 11) is 0. The largest absolute Gasteiger partial charge is 0.355 e. The zero-order chi connectivity index (χ0) is 19.6. The molecule has 5 rings (SSSR count). The maximum Gasteiger partial charge on any atom is 0.270 e. The third kappa shape index (κ3) is 3.76. The molecule has 2 saturated heterocycles. The zero-order valence-electron chi connectivity index (χ0n) is 16.3. The fourth-order valence-corrected chi connectivity index (χ4v) is 4.88. The van der Waals surface area contributed by atoms with Gasteiger partial charge in [0.25, 0.3) is 5.91 Å². The van der Waals surface area contributed by atoms with Gasteiger partial charge in [0.15, 0.2) is 0 Å². The number of thioether (sulfide) groups is 1. The summed E-state index contributed by atoms with van der Waals surface area (Å²) in [6.45, 7) is 5.00. The van der Waals surface area contributed by atoms with Crippen LogP contribution in [-0.4, -0.2) is 76.5 Å². The van der Waals surface area contributed by atoms with E-state index >= 15 is 0 Å². The van der Waals surface area contributed by atoms with Gasteiger partial charge in [-0.15, -0.1) is 0 Å². The molecule has 2 aliphatic heterocycles. The highest BCUT2D eigenvalue weighted by Crippen LogP contribution is 2.22. The molecular formula is C21H24N6OS. The van der Waals surface area contributed by atoms with Crippen LogP contribution in [0.25, 0.3) is 10.9 Å². The summed E-state index contributed by atoms with van der Waals surface area (Å²) >= 11 is 1.99. The van der Waals surface area contributed by atoms with Crippen molar-refractivity contribution in [2.24, 2.45) is 0 Å². The minimum absolute atomic E-state index is 0.0649. The molecule has 8 heteroatoms. The lowest BCUT2D eigenvalue weighted by Crippen LogP contribution is -2.49. The Kier molecular flexibility index (Phi) is 5.01. The number of anilines is 2. The Morgan fingerprint density at radius 2 is 1.59 bits per heavy atom. The van der Waals surface area contributed by atoms with Crippen molar-refractivity contribution in [1.82, 2.24) is 19.9 Å². The second kappa shape index (κ2) is 7.94. The predicted molar refractivity (Wildman–Crippen MR) is 118 cm³/mol. The fraction of sp³-hybridized carbons (Fsp3) is 0.381. The summed E-state index contributed by atoms with van der Waals surface area (Å²) in [6.07, 6.45) is 1.66. The molecule has 0 bridgehead atoms. The van der Waals surface area contributed by atoms with E-state index in [1.54, 1.807) is 6.33 Å². The number of nitrogens with one attached hydrogen (secondary N) is 1. The molecule has 0 radical (unpaired) electrons. The third-order valence-electron chi connectivity index (χ3n) is 5.62. The molecule has 1 aromatic carbocycles. The molecule has 0 spiro atoms. The minimum Gasteiger partial charge on any atom is -0.355 e. The lowest BCUT2D eigenvalue weighted by Gasteiger charge is -2.35. The molecular weight excluding hydrogens is 384 g/mol. The number of benzene rings is 1. The van der Waals surface area contributed by atoms with Gasteiger partial charge in [-0.3, -0.25) is 4.79 Å². The summed E-state index contributed by atoms with van der Waals surface area (Å²) in [4.78, 5) is 31.6. The summed E-state index contributed by atoms with van der Waals surface area (Å²) in [5, 5.41) is 1.07. The van der Waals surface area contributed by atoms with Crippen molar-refractivity contribution in [2.75, 3.05) is 60.6 Å². The highest BCUT2D eigenvalue weighted by Gasteiger charge is 2.24. The fourth-order valence-electron chi connectivity index (χ4n) is 3.97. The van der Waals surface area contributed by atoms with E-state index < -0.39 is 0 Å². The molecule has 2 aliphatic rings. The van der Waals surface area contributed by atoms with Gasteiger partial charge in [-0.25, -0.2) is 9.97 Å². The number of hydrogen-bond donors (Lipinski definition) is 1. The van der Waals surface area contributed by atoms with Crippen molar-refractivity contribution >= 4 is 40.2 Å². The van der Waals surface area contributed by atoms with Crippen LogP contribution in [0.3, 0.4) is 0 Å². The van der Waals surface area contributed by atoms with E-state index in [0.717, 1.165) is 60.2 Å². The Labute approximate surface area is 174 Å². The molecule has 0 saturated carbocycles. The Balaban J connectivity index is 1.25. The van der Waals surface area contributed by atoms with E-state index in [4.69, 9.17) is 0 Å². The van der Waals surface area contributed by atoms with Gasteiger partial charge in [0.1, 0.15) is 23.7 Å². The molecule has 2 aromatic heterocycles. The topological polar surface area (TPSA) is 68.4 Å². The van der Waals surface area contributed by atoms with Crippen LogP contribution in [0.2, 0.25) is 0 Å². The summed E-state index contributed by atoms with van der Waals surface area (Å²) < 4.78 is 0. The molecule has 4 heterocycles. The van der Waals surface area contributed by atoms with Gasteiger partial charge in [-0.05, 0) is 12.1 Å². The number of hydrogen-bond acceptors (Lipinski definition) is 6. The van der Waals surface area contributed by atoms with Crippen molar-refractivity contribution in [3.63, 3.8) is 0 Å². The Morgan fingerprint density at radius 1 is 0.897 bits per heavy atom. The van der Waals surface area contributed by atoms with Crippen LogP contribution in [0.4, 0.5) is 11.6 Å². The quantitative estimate of drug-likeness (QED) is 0.718. The molecule has 150 valence electrons. The van der Waals surface area contributed by atoms with Crippen molar-refractivity contribution in [3.05, 3.63) is 48.4 Å². The third-order valence-corrected chi connectivity index (χ3v) is 6.57. The van der Waals surface area contributed by atoms with Crippen LogP contribution in [0, 0.1) is 0 Å². The molecule has 7 nitrogen and oxygen atoms in total. The van der Waals surface area contributed by atoms with Gasteiger partial charge in [-0.1, -0.05) is 18.2 Å². The number of fused-ring (bicyclic) bond motifs is 1. The highest BCUT2D eigenvalue weighted by atomic mass is 32.2. The maximum atomic E-state index is 12.9. The van der Waals surface area contributed by atoms with E-state index in [-0.39, 0.29) is 5.91 Å². The molecule has 2 fully saturated rings. The second-order valence-electron chi connectivity index (χ2n) is 7.38. The van der Waals surface area contributed by atoms with E-state index in [9.17, 15) is 4.79 Å². The summed E-state index contributed by atoms with van der Waals surface area (Å²) in [5.41, 5.74) is 1.66. The number of amides is 1. The van der Waals surface area contributed by atoms with Crippen LogP contribution in [0.5, 0.6) is 0 Å². The zero-order valence-corrected chi connectivity index (χ0v) is 17.1. The number of aromatic nitrogens is 3. The highest BCUT2D eigenvalue weighted by molar-refractivity contribution is 7.99. The minimum atomic E-state index is 0.0649. The molecule has 0 atom stereocenters. The number of aromatic amines is 1. The molecule has 29 heavy (non-hydrogen) atoms. The Morgan fingerprint density at radius 3 is 2.31 bits per heavy atom. The lowest BCUT2D eigenvalue weighted by atomic mass is 10.2. The van der Waals surface area contributed by atoms with Gasteiger partial charge in [0, 0.05) is 67.7 Å². The van der Waals surface area contributed by atoms with Crippen molar-refractivity contribution in [2.45, 2.75) is 0 Å². The first-order valence-corrected chi connectivity index (χ1v) is 11.2. The first-order valence-electron chi connectivity index (χ1n) is 10.0. The van der Waals surface area contributed by atoms with Crippen LogP contribution in [0.1, 0.15) is 10.5 Å². The summed E-state index contributed by atoms with van der Waals surface area (Å²) in [5.74, 6) is 4.31. The average Bonchev–Trinajstić information content (AvgIpc) is 3.24. The Hall–Kier alpha value is -2.74. The number of carbonyl (C=O) groups is 1. The smallest absolute Gasteiger partial charge is 0.270 e. The number of rotatable bonds is 3. The van der Waals surface area contributed by atoms with Crippen LogP contribution in [-0.2, 0) is 0 Å². The van der Waals surface area contributed by atoms with Crippen molar-refractivity contribution < 1.29 is 4.79 Å². The number of piperazine rings is 1. The van der Waals surface area contributed by atoms with Crippen LogP contribution in [0.15, 0.2) is 42.7 Å². The van der Waals surface area contributed by atoms with E-state index in [1.165, 1.54) is 0 Å². The normalized spacial score (nSPS) is 17.7. The number of H-pyrrole nitrogens is 1. The maximum absolute atomic E-state index is 12.9. The van der Waals surface area contributed by atoms with Gasteiger partial charge < -0.3 is 19.7 Å². The molecule has 0 aliphatic carbocycles. The van der Waals surface area contributed by atoms with Gasteiger partial charge in [0.05, 0.1) is 0 Å². The van der Waals surface area contributed by atoms with E-state index in [2.05, 4.69) is 30.8 Å². The second-order valence-corrected chi connectivity index (χ2v) is 8.61. The SMILES string of the molecule is O=C(c1cc2ccccc2[nH]1)N1CCN(c2cc(N3CCSCC3)ncn2)CC1. The average molecular weight is 409 g/mol. The van der Waals surface area contributed by atoms with Crippen LogP contribution >= 0.6 is 11.8 Å². The molecule has 3 aromatic rings. The monoisotopic (exact) mass is 408 g/mol. The number of carbonyl (C=O) groups excluding carboxylic acids is 1. The van der Waals surface area contributed by atoms with Gasteiger partial charge in [0.2, 0.25) is 0 Å². The van der Waals surface area contributed by atoms with Crippen LogP contribution < -0.4 is 9.80 Å². The first kappa shape index (κ1) is 18.3. The molecule has 1 amide bonds. The lowest BCUT2D eigenvalue weighted by molar-refractivity contribution is 0.0741. The molecule has 1 N–H and O–H groups in total. The predicted octanol–water partition coefficient (Wildman–Crippen LogP) is 2.47. The Bertz CT molecular complexity index is 974. The first-order chi connectivity index (χ1) is 14.3. The standard InChI is InChI=1S/C21H24N6OS/c28-21(18-13-16-3-1-2-4-17(16)24-18)27-7-5-25(6-8-27)19-14-20(23-15-22-19)26-9-11-29-12-10-26/h1-4,13-15,24H,5-12H2. The number of nitrogens with zero attached hydrogens (tertiary/aromatic N) is 5. The van der Waals surface area contributed by atoms with Crippen molar-refractivity contribution in [1.29, 1.82) is 0 Å². The van der Waals surface area contributed by atoms with Crippen molar-refractivity contribution in [3.8, 4) is 0 Å². The summed E-state index contributed by atoms with van der Waals surface area (Å²) in [6, 6.07) is 12.0. The van der Waals surface area contributed by atoms with E-state index in [0.29, 0.717) is 18.8 Å². The van der Waals surface area contributed by atoms with Gasteiger partial charge in [-0.2, -0.15) is 11.8 Å². The van der Waals surface area contributed by atoms with Gasteiger partial charge >= 0.3 is 0 Å². The number of para-hydroxylation sites is 1. The molecule has 0 unspecified atom stereocenters.